The van der Waals surface area contributed by atoms with Gasteiger partial charge in [-0.1, -0.05) is 0 Å². The zero-order valence-corrected chi connectivity index (χ0v) is 13.9. The summed E-state index contributed by atoms with van der Waals surface area (Å²) in [6, 6.07) is 2.73. The summed E-state index contributed by atoms with van der Waals surface area (Å²) in [5, 5.41) is 11.4. The van der Waals surface area contributed by atoms with Gasteiger partial charge in [-0.25, -0.2) is 9.59 Å². The van der Waals surface area contributed by atoms with Gasteiger partial charge in [-0.2, -0.15) is 0 Å². The molecule has 134 valence electrons. The number of esters is 2. The summed E-state index contributed by atoms with van der Waals surface area (Å²) in [6.07, 6.45) is 0.300. The number of carbonyl (C=O) groups is 3. The molecule has 0 radical (unpaired) electrons. The van der Waals surface area contributed by atoms with E-state index in [1.165, 1.54) is 12.1 Å². The normalized spacial score (nSPS) is 16.6. The minimum absolute atomic E-state index is 0.00312. The highest BCUT2D eigenvalue weighted by atomic mass is 16.6. The number of nitro benzene ring substituents is 1. The predicted octanol–water partition coefficient (Wildman–Crippen LogP) is 1.83. The van der Waals surface area contributed by atoms with Crippen molar-refractivity contribution in [3.05, 3.63) is 33.9 Å². The second-order valence-electron chi connectivity index (χ2n) is 5.25. The molecule has 1 aromatic rings. The number of nitrogens with zero attached hydrogens (tertiary/aromatic N) is 2. The third-order valence-corrected chi connectivity index (χ3v) is 3.71. The number of rotatable bonds is 6. The first kappa shape index (κ1) is 18.4. The van der Waals surface area contributed by atoms with Crippen molar-refractivity contribution in [2.24, 2.45) is 0 Å². The lowest BCUT2D eigenvalue weighted by Gasteiger charge is -2.23. The van der Waals surface area contributed by atoms with Gasteiger partial charge in [-0.3, -0.25) is 19.8 Å². The number of amides is 1. The molecule has 0 aliphatic carbocycles. The minimum Gasteiger partial charge on any atom is -0.464 e. The van der Waals surface area contributed by atoms with E-state index >= 15 is 0 Å². The zero-order valence-electron chi connectivity index (χ0n) is 13.9. The molecular formula is C16H18N2O7. The third kappa shape index (κ3) is 3.76. The molecule has 1 heterocycles. The summed E-state index contributed by atoms with van der Waals surface area (Å²) < 4.78 is 9.77. The first-order valence-electron chi connectivity index (χ1n) is 7.84. The van der Waals surface area contributed by atoms with Crippen LogP contribution in [0.2, 0.25) is 0 Å². The van der Waals surface area contributed by atoms with Gasteiger partial charge < -0.3 is 9.47 Å². The van der Waals surface area contributed by atoms with Crippen LogP contribution in [0.3, 0.4) is 0 Å². The van der Waals surface area contributed by atoms with Crippen LogP contribution >= 0.6 is 0 Å². The van der Waals surface area contributed by atoms with E-state index in [1.54, 1.807) is 13.8 Å². The van der Waals surface area contributed by atoms with Gasteiger partial charge in [0.25, 0.3) is 5.69 Å². The van der Waals surface area contributed by atoms with Crippen LogP contribution in [-0.4, -0.2) is 42.0 Å². The first-order valence-corrected chi connectivity index (χ1v) is 7.84. The molecule has 0 bridgehead atoms. The summed E-state index contributed by atoms with van der Waals surface area (Å²) in [6.45, 7) is 3.52. The molecule has 1 aliphatic rings. The summed E-state index contributed by atoms with van der Waals surface area (Å²) in [7, 11) is 0. The number of hydrogen-bond acceptors (Lipinski definition) is 7. The number of benzene rings is 1. The molecule has 0 saturated carbocycles. The fourth-order valence-corrected chi connectivity index (χ4v) is 2.66. The Morgan fingerprint density at radius 2 is 1.96 bits per heavy atom. The van der Waals surface area contributed by atoms with E-state index in [0.717, 1.165) is 11.0 Å². The summed E-state index contributed by atoms with van der Waals surface area (Å²) in [5.41, 5.74) is -0.495. The van der Waals surface area contributed by atoms with Gasteiger partial charge >= 0.3 is 11.9 Å². The van der Waals surface area contributed by atoms with Gasteiger partial charge in [0.2, 0.25) is 5.91 Å². The molecule has 2 rings (SSSR count). The summed E-state index contributed by atoms with van der Waals surface area (Å²) in [5.74, 6) is -1.73. The standard InChI is InChI=1S/C16H18N2O7/c1-3-24-15(20)10-5-6-11(13(9-10)18(22)23)17-12(7-8-14(17)19)16(21)25-4-2/h5-6,9,12H,3-4,7-8H2,1-2H3. The maximum Gasteiger partial charge on any atom is 0.338 e. The smallest absolute Gasteiger partial charge is 0.338 e. The lowest BCUT2D eigenvalue weighted by atomic mass is 10.1. The van der Waals surface area contributed by atoms with Crippen molar-refractivity contribution in [3.8, 4) is 0 Å². The van der Waals surface area contributed by atoms with Gasteiger partial charge in [0.15, 0.2) is 0 Å². The molecule has 0 aromatic heterocycles. The van der Waals surface area contributed by atoms with Gasteiger partial charge in [0.1, 0.15) is 11.7 Å². The van der Waals surface area contributed by atoms with Gasteiger partial charge in [0.05, 0.1) is 23.7 Å². The number of ether oxygens (including phenoxy) is 2. The van der Waals surface area contributed by atoms with E-state index in [0.29, 0.717) is 0 Å². The Labute approximate surface area is 143 Å². The van der Waals surface area contributed by atoms with Crippen LogP contribution in [0.25, 0.3) is 0 Å². The minimum atomic E-state index is -0.917. The van der Waals surface area contributed by atoms with Crippen molar-refractivity contribution in [3.63, 3.8) is 0 Å². The van der Waals surface area contributed by atoms with Crippen LogP contribution < -0.4 is 4.90 Å². The molecule has 9 nitrogen and oxygen atoms in total. The largest absolute Gasteiger partial charge is 0.464 e. The lowest BCUT2D eigenvalue weighted by molar-refractivity contribution is -0.384. The van der Waals surface area contributed by atoms with Crippen LogP contribution in [0.15, 0.2) is 18.2 Å². The molecule has 1 fully saturated rings. The SMILES string of the molecule is CCOC(=O)c1ccc(N2C(=O)CCC2C(=O)OCC)c([N+](=O)[O-])c1. The van der Waals surface area contributed by atoms with Gasteiger partial charge in [-0.15, -0.1) is 0 Å². The van der Waals surface area contributed by atoms with E-state index in [9.17, 15) is 24.5 Å². The molecule has 1 atom stereocenters. The number of nitro groups is 1. The number of carbonyl (C=O) groups excluding carboxylic acids is 3. The van der Waals surface area contributed by atoms with Crippen molar-refractivity contribution < 1.29 is 28.8 Å². The quantitative estimate of drug-likeness (QED) is 0.436. The van der Waals surface area contributed by atoms with E-state index in [4.69, 9.17) is 9.47 Å². The average Bonchev–Trinajstić information content (AvgIpc) is 2.96. The van der Waals surface area contributed by atoms with E-state index in [-0.39, 0.29) is 37.3 Å². The van der Waals surface area contributed by atoms with Crippen molar-refractivity contribution in [2.75, 3.05) is 18.1 Å². The summed E-state index contributed by atoms with van der Waals surface area (Å²) in [4.78, 5) is 47.8. The van der Waals surface area contributed by atoms with Gasteiger partial charge in [0, 0.05) is 12.5 Å². The van der Waals surface area contributed by atoms with Crippen molar-refractivity contribution in [2.45, 2.75) is 32.7 Å². The highest BCUT2D eigenvalue weighted by Gasteiger charge is 2.41. The molecule has 25 heavy (non-hydrogen) atoms. The van der Waals surface area contributed by atoms with Crippen LogP contribution in [0.4, 0.5) is 11.4 Å². The van der Waals surface area contributed by atoms with E-state index in [1.807, 2.05) is 0 Å². The average molecular weight is 350 g/mol. The highest BCUT2D eigenvalue weighted by molar-refractivity contribution is 6.04. The molecule has 0 N–H and O–H groups in total. The molecule has 1 aromatic carbocycles. The predicted molar refractivity (Wildman–Crippen MR) is 86.2 cm³/mol. The van der Waals surface area contributed by atoms with E-state index < -0.39 is 34.5 Å². The molecule has 1 unspecified atom stereocenters. The Morgan fingerprint density at radius 1 is 1.28 bits per heavy atom. The topological polar surface area (TPSA) is 116 Å². The Kier molecular flexibility index (Phi) is 5.68. The van der Waals surface area contributed by atoms with Crippen LogP contribution in [0, 0.1) is 10.1 Å². The second kappa shape index (κ2) is 7.73. The van der Waals surface area contributed by atoms with Crippen LogP contribution in [0.5, 0.6) is 0 Å². The molecular weight excluding hydrogens is 332 g/mol. The Balaban J connectivity index is 2.45. The Morgan fingerprint density at radius 3 is 2.56 bits per heavy atom. The lowest BCUT2D eigenvalue weighted by Crippen LogP contribution is -2.40. The van der Waals surface area contributed by atoms with Crippen molar-refractivity contribution in [1.82, 2.24) is 0 Å². The van der Waals surface area contributed by atoms with Crippen molar-refractivity contribution >= 4 is 29.2 Å². The maximum absolute atomic E-state index is 12.2. The molecule has 0 spiro atoms. The summed E-state index contributed by atoms with van der Waals surface area (Å²) >= 11 is 0. The molecule has 9 heteroatoms. The van der Waals surface area contributed by atoms with E-state index in [2.05, 4.69) is 0 Å². The monoisotopic (exact) mass is 350 g/mol. The van der Waals surface area contributed by atoms with Crippen LogP contribution in [0.1, 0.15) is 37.0 Å². The zero-order chi connectivity index (χ0) is 18.6. The van der Waals surface area contributed by atoms with Crippen LogP contribution in [-0.2, 0) is 19.1 Å². The highest BCUT2D eigenvalue weighted by Crippen LogP contribution is 2.35. The fourth-order valence-electron chi connectivity index (χ4n) is 2.66. The number of hydrogen-bond donors (Lipinski definition) is 0. The third-order valence-electron chi connectivity index (χ3n) is 3.71. The van der Waals surface area contributed by atoms with Crippen molar-refractivity contribution in [1.29, 1.82) is 0 Å². The fraction of sp³-hybridized carbons (Fsp3) is 0.438. The Bertz CT molecular complexity index is 716. The second-order valence-corrected chi connectivity index (χ2v) is 5.25. The number of anilines is 1. The Hall–Kier alpha value is -2.97. The first-order chi connectivity index (χ1) is 11.9. The van der Waals surface area contributed by atoms with Gasteiger partial charge in [-0.05, 0) is 32.4 Å². The molecule has 1 amide bonds. The molecule has 1 saturated heterocycles. The maximum atomic E-state index is 12.2. The molecule has 1 aliphatic heterocycles.